The third-order valence-corrected chi connectivity index (χ3v) is 5.20. The molecule has 0 spiro atoms. The molecule has 4 aromatic rings. The molecule has 28 heavy (non-hydrogen) atoms. The normalized spacial score (nSPS) is 11.1. The zero-order chi connectivity index (χ0) is 19.7. The molecule has 5 nitrogen and oxygen atoms in total. The topological polar surface area (TPSA) is 43.1 Å². The summed E-state index contributed by atoms with van der Waals surface area (Å²) in [5.74, 6) is 0.863. The summed E-state index contributed by atoms with van der Waals surface area (Å²) in [4.78, 5) is 19.3. The van der Waals surface area contributed by atoms with Crippen LogP contribution in [-0.4, -0.2) is 32.0 Å². The molecular formula is C23H24N4O. The Kier molecular flexibility index (Phi) is 4.74. The number of aromatic nitrogens is 3. The summed E-state index contributed by atoms with van der Waals surface area (Å²) in [6, 6.07) is 18.4. The van der Waals surface area contributed by atoms with Crippen molar-refractivity contribution in [2.75, 3.05) is 7.05 Å². The molecule has 0 aliphatic heterocycles. The van der Waals surface area contributed by atoms with Gasteiger partial charge in [-0.15, -0.1) is 0 Å². The lowest BCUT2D eigenvalue weighted by molar-refractivity contribution is 0.0771. The number of benzene rings is 2. The fourth-order valence-electron chi connectivity index (χ4n) is 3.72. The van der Waals surface area contributed by atoms with Crippen LogP contribution in [0.4, 0.5) is 0 Å². The van der Waals surface area contributed by atoms with Crippen molar-refractivity contribution < 1.29 is 4.79 Å². The second-order valence-electron chi connectivity index (χ2n) is 7.22. The van der Waals surface area contributed by atoms with Gasteiger partial charge in [0.15, 0.2) is 0 Å². The van der Waals surface area contributed by atoms with Crippen LogP contribution >= 0.6 is 0 Å². The highest BCUT2D eigenvalue weighted by atomic mass is 16.2. The zero-order valence-corrected chi connectivity index (χ0v) is 16.5. The van der Waals surface area contributed by atoms with E-state index in [-0.39, 0.29) is 5.91 Å². The molecule has 0 aliphatic carbocycles. The Morgan fingerprint density at radius 3 is 2.64 bits per heavy atom. The van der Waals surface area contributed by atoms with E-state index < -0.39 is 0 Å². The number of aryl methyl sites for hydroxylation is 2. The second kappa shape index (κ2) is 7.35. The predicted octanol–water partition coefficient (Wildman–Crippen LogP) is 4.00. The Bertz CT molecular complexity index is 1120. The number of rotatable bonds is 5. The van der Waals surface area contributed by atoms with Crippen molar-refractivity contribution in [1.82, 2.24) is 19.0 Å². The van der Waals surface area contributed by atoms with Crippen molar-refractivity contribution in [3.05, 3.63) is 89.6 Å². The fraction of sp³-hybridized carbons (Fsp3) is 0.217. The third kappa shape index (κ3) is 3.31. The minimum atomic E-state index is -0.00707. The van der Waals surface area contributed by atoms with E-state index in [9.17, 15) is 4.79 Å². The van der Waals surface area contributed by atoms with Crippen LogP contribution in [0.15, 0.2) is 67.0 Å². The SMILES string of the molecule is Cc1cccc2cc(C(=O)N(C)Cc3nccn3Cc3ccccc3)n(C)c12. The molecule has 142 valence electrons. The maximum Gasteiger partial charge on any atom is 0.270 e. The highest BCUT2D eigenvalue weighted by molar-refractivity contribution is 5.99. The lowest BCUT2D eigenvalue weighted by Crippen LogP contribution is -2.29. The molecule has 0 unspecified atom stereocenters. The molecule has 0 bridgehead atoms. The Hall–Kier alpha value is -3.34. The van der Waals surface area contributed by atoms with Gasteiger partial charge in [0, 0.05) is 38.4 Å². The first-order valence-corrected chi connectivity index (χ1v) is 9.39. The standard InChI is InChI=1S/C23H24N4O/c1-17-8-7-11-19-14-20(26(3)22(17)19)23(28)25(2)16-21-24-12-13-27(21)15-18-9-5-4-6-10-18/h4-14H,15-16H2,1-3H3. The highest BCUT2D eigenvalue weighted by Crippen LogP contribution is 2.23. The van der Waals surface area contributed by atoms with Crippen LogP contribution in [-0.2, 0) is 20.1 Å². The van der Waals surface area contributed by atoms with Crippen LogP contribution in [0.2, 0.25) is 0 Å². The molecule has 0 atom stereocenters. The number of hydrogen-bond acceptors (Lipinski definition) is 2. The minimum absolute atomic E-state index is 0.00707. The van der Waals surface area contributed by atoms with E-state index in [0.29, 0.717) is 12.2 Å². The molecule has 0 radical (unpaired) electrons. The largest absolute Gasteiger partial charge is 0.339 e. The van der Waals surface area contributed by atoms with E-state index >= 15 is 0 Å². The van der Waals surface area contributed by atoms with Gasteiger partial charge in [-0.05, 0) is 24.1 Å². The second-order valence-corrected chi connectivity index (χ2v) is 7.22. The number of hydrogen-bond donors (Lipinski definition) is 0. The average Bonchev–Trinajstić information content (AvgIpc) is 3.27. The van der Waals surface area contributed by atoms with Crippen molar-refractivity contribution in [1.29, 1.82) is 0 Å². The summed E-state index contributed by atoms with van der Waals surface area (Å²) in [5.41, 5.74) is 4.16. The van der Waals surface area contributed by atoms with E-state index in [1.807, 2.05) is 61.3 Å². The number of imidazole rings is 1. The molecule has 1 amide bonds. The van der Waals surface area contributed by atoms with Crippen LogP contribution in [0.1, 0.15) is 27.4 Å². The number of nitrogens with zero attached hydrogens (tertiary/aromatic N) is 4. The molecular weight excluding hydrogens is 348 g/mol. The van der Waals surface area contributed by atoms with E-state index in [2.05, 4.69) is 34.7 Å². The lowest BCUT2D eigenvalue weighted by atomic mass is 10.2. The fourth-order valence-corrected chi connectivity index (χ4v) is 3.72. The molecule has 5 heteroatoms. The Morgan fingerprint density at radius 1 is 1.11 bits per heavy atom. The minimum Gasteiger partial charge on any atom is -0.339 e. The van der Waals surface area contributed by atoms with E-state index in [1.165, 1.54) is 11.1 Å². The van der Waals surface area contributed by atoms with Crippen molar-refractivity contribution in [3.8, 4) is 0 Å². The first kappa shape index (κ1) is 18.0. The Balaban J connectivity index is 1.56. The predicted molar refractivity (Wildman–Crippen MR) is 111 cm³/mol. The van der Waals surface area contributed by atoms with Gasteiger partial charge in [-0.2, -0.15) is 0 Å². The van der Waals surface area contributed by atoms with Crippen LogP contribution in [0.5, 0.6) is 0 Å². The van der Waals surface area contributed by atoms with Crippen molar-refractivity contribution in [2.45, 2.75) is 20.0 Å². The van der Waals surface area contributed by atoms with Gasteiger partial charge in [-0.1, -0.05) is 48.5 Å². The lowest BCUT2D eigenvalue weighted by Gasteiger charge is -2.18. The molecule has 0 aliphatic rings. The molecule has 4 rings (SSSR count). The average molecular weight is 372 g/mol. The third-order valence-electron chi connectivity index (χ3n) is 5.20. The zero-order valence-electron chi connectivity index (χ0n) is 16.5. The quantitative estimate of drug-likeness (QED) is 0.531. The van der Waals surface area contributed by atoms with Crippen molar-refractivity contribution in [2.24, 2.45) is 7.05 Å². The maximum absolute atomic E-state index is 13.1. The summed E-state index contributed by atoms with van der Waals surface area (Å²) >= 11 is 0. The molecule has 0 fully saturated rings. The number of fused-ring (bicyclic) bond motifs is 1. The Labute approximate surface area is 164 Å². The van der Waals surface area contributed by atoms with Crippen LogP contribution < -0.4 is 0 Å². The molecule has 0 N–H and O–H groups in total. The maximum atomic E-state index is 13.1. The molecule has 2 aromatic carbocycles. The summed E-state index contributed by atoms with van der Waals surface area (Å²) in [6.07, 6.45) is 3.75. The molecule has 2 heterocycles. The van der Waals surface area contributed by atoms with Gasteiger partial charge in [0.2, 0.25) is 0 Å². The summed E-state index contributed by atoms with van der Waals surface area (Å²) in [6.45, 7) is 3.27. The first-order valence-electron chi connectivity index (χ1n) is 9.39. The number of carbonyl (C=O) groups excluding carboxylic acids is 1. The van der Waals surface area contributed by atoms with Gasteiger partial charge >= 0.3 is 0 Å². The number of para-hydroxylation sites is 1. The highest BCUT2D eigenvalue weighted by Gasteiger charge is 2.19. The van der Waals surface area contributed by atoms with Gasteiger partial charge < -0.3 is 14.0 Å². The summed E-state index contributed by atoms with van der Waals surface area (Å²) in [5, 5.41) is 1.09. The van der Waals surface area contributed by atoms with Gasteiger partial charge in [0.1, 0.15) is 11.5 Å². The van der Waals surface area contributed by atoms with Crippen LogP contribution in [0.25, 0.3) is 10.9 Å². The van der Waals surface area contributed by atoms with Gasteiger partial charge in [-0.25, -0.2) is 4.98 Å². The van der Waals surface area contributed by atoms with E-state index in [1.54, 1.807) is 11.1 Å². The summed E-state index contributed by atoms with van der Waals surface area (Å²) < 4.78 is 4.07. The van der Waals surface area contributed by atoms with Crippen molar-refractivity contribution >= 4 is 16.8 Å². The molecule has 0 saturated heterocycles. The van der Waals surface area contributed by atoms with E-state index in [0.717, 1.165) is 23.3 Å². The Morgan fingerprint density at radius 2 is 1.89 bits per heavy atom. The van der Waals surface area contributed by atoms with Gasteiger partial charge in [0.05, 0.1) is 12.1 Å². The molecule has 2 aromatic heterocycles. The van der Waals surface area contributed by atoms with Crippen LogP contribution in [0, 0.1) is 6.92 Å². The smallest absolute Gasteiger partial charge is 0.270 e. The number of amides is 1. The van der Waals surface area contributed by atoms with E-state index in [4.69, 9.17) is 0 Å². The summed E-state index contributed by atoms with van der Waals surface area (Å²) in [7, 11) is 3.78. The monoisotopic (exact) mass is 372 g/mol. The number of carbonyl (C=O) groups is 1. The van der Waals surface area contributed by atoms with Gasteiger partial charge in [-0.3, -0.25) is 4.79 Å². The van der Waals surface area contributed by atoms with Gasteiger partial charge in [0.25, 0.3) is 5.91 Å². The van der Waals surface area contributed by atoms with Crippen LogP contribution in [0.3, 0.4) is 0 Å². The first-order chi connectivity index (χ1) is 13.5. The van der Waals surface area contributed by atoms with Crippen molar-refractivity contribution in [3.63, 3.8) is 0 Å². The molecule has 0 saturated carbocycles.